The Labute approximate surface area is 166 Å². The number of piperidine rings is 1. The molecule has 0 radical (unpaired) electrons. The van der Waals surface area contributed by atoms with Gasteiger partial charge in [0.15, 0.2) is 5.96 Å². The van der Waals surface area contributed by atoms with Gasteiger partial charge in [0.25, 0.3) is 0 Å². The summed E-state index contributed by atoms with van der Waals surface area (Å²) in [5.41, 5.74) is 2.48. The van der Waals surface area contributed by atoms with Gasteiger partial charge >= 0.3 is 0 Å². The average Bonchev–Trinajstić information content (AvgIpc) is 3.17. The molecule has 0 amide bonds. The summed E-state index contributed by atoms with van der Waals surface area (Å²) in [5, 5.41) is 11.5. The van der Waals surface area contributed by atoms with Crippen molar-refractivity contribution in [1.82, 2.24) is 20.4 Å². The number of fused-ring (bicyclic) bond motifs is 1. The molecule has 4 rings (SSSR count). The van der Waals surface area contributed by atoms with Crippen LogP contribution in [0.25, 0.3) is 0 Å². The van der Waals surface area contributed by atoms with Crippen LogP contribution in [0.5, 0.6) is 5.75 Å². The lowest BCUT2D eigenvalue weighted by molar-refractivity contribution is 0.267. The van der Waals surface area contributed by atoms with Crippen molar-refractivity contribution in [3.8, 4) is 5.75 Å². The minimum Gasteiger partial charge on any atom is -0.493 e. The van der Waals surface area contributed by atoms with Crippen molar-refractivity contribution in [3.05, 3.63) is 42.2 Å². The molecule has 0 saturated carbocycles. The van der Waals surface area contributed by atoms with Crippen molar-refractivity contribution in [1.29, 1.82) is 0 Å². The van der Waals surface area contributed by atoms with E-state index < -0.39 is 0 Å². The van der Waals surface area contributed by atoms with Crippen LogP contribution < -0.4 is 20.3 Å². The highest BCUT2D eigenvalue weighted by atomic mass is 16.5. The lowest BCUT2D eigenvalue weighted by Gasteiger charge is -2.35. The van der Waals surface area contributed by atoms with Gasteiger partial charge in [-0.15, -0.1) is 0 Å². The number of aromatic nitrogens is 2. The Morgan fingerprint density at radius 2 is 2.21 bits per heavy atom. The second-order valence-corrected chi connectivity index (χ2v) is 7.63. The van der Waals surface area contributed by atoms with Gasteiger partial charge in [0.2, 0.25) is 0 Å². The van der Waals surface area contributed by atoms with E-state index in [1.165, 1.54) is 11.3 Å². The third kappa shape index (κ3) is 4.24. The fourth-order valence-corrected chi connectivity index (χ4v) is 4.14. The maximum atomic E-state index is 5.78. The molecule has 0 bridgehead atoms. The SMILES string of the molecule is CN=C(NCC1CCOc2ccccc21)NC1CCCN(c2cnn(C)c2)C1. The zero-order valence-corrected chi connectivity index (χ0v) is 16.8. The molecule has 2 aromatic rings. The fraction of sp³-hybridized carbons (Fsp3) is 0.524. The van der Waals surface area contributed by atoms with E-state index in [1.54, 1.807) is 0 Å². The van der Waals surface area contributed by atoms with Crippen LogP contribution in [0.2, 0.25) is 0 Å². The van der Waals surface area contributed by atoms with Crippen molar-refractivity contribution < 1.29 is 4.74 Å². The van der Waals surface area contributed by atoms with E-state index >= 15 is 0 Å². The number of aliphatic imine (C=N–C) groups is 1. The Morgan fingerprint density at radius 1 is 1.32 bits per heavy atom. The van der Waals surface area contributed by atoms with Gasteiger partial charge in [0.05, 0.1) is 18.5 Å². The Balaban J connectivity index is 1.33. The van der Waals surface area contributed by atoms with Gasteiger partial charge in [-0.25, -0.2) is 0 Å². The summed E-state index contributed by atoms with van der Waals surface area (Å²) in [7, 11) is 3.80. The molecular weight excluding hydrogens is 352 g/mol. The minimum atomic E-state index is 0.377. The third-order valence-corrected chi connectivity index (χ3v) is 5.64. The molecule has 1 aromatic carbocycles. The smallest absolute Gasteiger partial charge is 0.191 e. The van der Waals surface area contributed by atoms with E-state index in [2.05, 4.69) is 50.0 Å². The fourth-order valence-electron chi connectivity index (χ4n) is 4.14. The summed E-state index contributed by atoms with van der Waals surface area (Å²) in [4.78, 5) is 6.85. The van der Waals surface area contributed by atoms with Gasteiger partial charge < -0.3 is 20.3 Å². The van der Waals surface area contributed by atoms with Crippen LogP contribution in [0.1, 0.15) is 30.7 Å². The van der Waals surface area contributed by atoms with Crippen molar-refractivity contribution in [3.63, 3.8) is 0 Å². The number of aryl methyl sites for hydroxylation is 1. The lowest BCUT2D eigenvalue weighted by atomic mass is 9.93. The van der Waals surface area contributed by atoms with Crippen molar-refractivity contribution in [2.75, 3.05) is 38.2 Å². The van der Waals surface area contributed by atoms with E-state index in [1.807, 2.05) is 31.0 Å². The maximum Gasteiger partial charge on any atom is 0.191 e. The summed E-state index contributed by atoms with van der Waals surface area (Å²) in [6.07, 6.45) is 7.36. The third-order valence-electron chi connectivity index (χ3n) is 5.64. The number of ether oxygens (including phenoxy) is 1. The quantitative estimate of drug-likeness (QED) is 0.626. The molecule has 2 aliphatic rings. The minimum absolute atomic E-state index is 0.377. The highest BCUT2D eigenvalue weighted by molar-refractivity contribution is 5.80. The normalized spacial score (nSPS) is 22.4. The summed E-state index contributed by atoms with van der Waals surface area (Å²) in [6, 6.07) is 8.73. The first kappa shape index (κ1) is 18.7. The second-order valence-electron chi connectivity index (χ2n) is 7.63. The predicted octanol–water partition coefficient (Wildman–Crippen LogP) is 2.12. The zero-order valence-electron chi connectivity index (χ0n) is 16.8. The number of benzene rings is 1. The number of guanidine groups is 1. The Kier molecular flexibility index (Phi) is 5.69. The first-order valence-corrected chi connectivity index (χ1v) is 10.2. The van der Waals surface area contributed by atoms with E-state index in [4.69, 9.17) is 4.74 Å². The van der Waals surface area contributed by atoms with Crippen molar-refractivity contribution in [2.45, 2.75) is 31.2 Å². The lowest BCUT2D eigenvalue weighted by Crippen LogP contribution is -2.51. The number of hydrogen-bond acceptors (Lipinski definition) is 4. The highest BCUT2D eigenvalue weighted by Gasteiger charge is 2.24. The van der Waals surface area contributed by atoms with Crippen molar-refractivity contribution in [2.24, 2.45) is 12.0 Å². The molecule has 150 valence electrons. The van der Waals surface area contributed by atoms with Crippen molar-refractivity contribution >= 4 is 11.6 Å². The van der Waals surface area contributed by atoms with Crippen LogP contribution in [0, 0.1) is 0 Å². The molecule has 2 aliphatic heterocycles. The molecule has 1 aromatic heterocycles. The maximum absolute atomic E-state index is 5.78. The van der Waals surface area contributed by atoms with E-state index in [-0.39, 0.29) is 0 Å². The monoisotopic (exact) mass is 382 g/mol. The average molecular weight is 383 g/mol. The Bertz CT molecular complexity index is 817. The van der Waals surface area contributed by atoms with Gasteiger partial charge in [-0.1, -0.05) is 18.2 Å². The summed E-state index contributed by atoms with van der Waals surface area (Å²) in [5.74, 6) is 2.34. The number of nitrogens with one attached hydrogen (secondary N) is 2. The van der Waals surface area contributed by atoms with Gasteiger partial charge in [0.1, 0.15) is 5.75 Å². The van der Waals surface area contributed by atoms with Crippen LogP contribution in [-0.2, 0) is 7.05 Å². The zero-order chi connectivity index (χ0) is 19.3. The summed E-state index contributed by atoms with van der Waals surface area (Å²) < 4.78 is 7.64. The molecule has 3 heterocycles. The molecule has 7 heteroatoms. The largest absolute Gasteiger partial charge is 0.493 e. The van der Waals surface area contributed by atoms with Gasteiger partial charge in [-0.2, -0.15) is 5.10 Å². The van der Waals surface area contributed by atoms with Crippen LogP contribution in [0.4, 0.5) is 5.69 Å². The first-order chi connectivity index (χ1) is 13.7. The molecular formula is C21H30N6O. The van der Waals surface area contributed by atoms with E-state index in [9.17, 15) is 0 Å². The Morgan fingerprint density at radius 3 is 3.04 bits per heavy atom. The summed E-state index contributed by atoms with van der Waals surface area (Å²) in [6.45, 7) is 3.68. The molecule has 2 atom stereocenters. The van der Waals surface area contributed by atoms with Crippen LogP contribution in [-0.4, -0.2) is 55.1 Å². The van der Waals surface area contributed by atoms with Crippen LogP contribution >= 0.6 is 0 Å². The molecule has 0 spiro atoms. The van der Waals surface area contributed by atoms with Crippen LogP contribution in [0.15, 0.2) is 41.7 Å². The number of nitrogens with zero attached hydrogens (tertiary/aromatic N) is 4. The molecule has 1 fully saturated rings. The standard InChI is InChI=1S/C21H30N6O/c1-22-21(23-12-16-9-11-28-20-8-4-3-7-19(16)20)25-17-6-5-10-27(14-17)18-13-24-26(2)15-18/h3-4,7-8,13,15-17H,5-6,9-12,14H2,1-2H3,(H2,22,23,25). The Hall–Kier alpha value is -2.70. The number of para-hydroxylation sites is 1. The summed E-state index contributed by atoms with van der Waals surface area (Å²) >= 11 is 0. The molecule has 1 saturated heterocycles. The molecule has 28 heavy (non-hydrogen) atoms. The van der Waals surface area contributed by atoms with E-state index in [0.29, 0.717) is 12.0 Å². The molecule has 7 nitrogen and oxygen atoms in total. The molecule has 2 unspecified atom stereocenters. The highest BCUT2D eigenvalue weighted by Crippen LogP contribution is 2.32. The van der Waals surface area contributed by atoms with Gasteiger partial charge in [0, 0.05) is 51.9 Å². The molecule has 0 aliphatic carbocycles. The number of hydrogen-bond donors (Lipinski definition) is 2. The molecule has 2 N–H and O–H groups in total. The second kappa shape index (κ2) is 8.54. The first-order valence-electron chi connectivity index (χ1n) is 10.2. The number of rotatable bonds is 4. The van der Waals surface area contributed by atoms with Crippen LogP contribution in [0.3, 0.4) is 0 Å². The van der Waals surface area contributed by atoms with E-state index in [0.717, 1.165) is 57.2 Å². The van der Waals surface area contributed by atoms with Gasteiger partial charge in [-0.05, 0) is 30.9 Å². The predicted molar refractivity (Wildman–Crippen MR) is 112 cm³/mol. The number of anilines is 1. The van der Waals surface area contributed by atoms with Gasteiger partial charge in [-0.3, -0.25) is 9.67 Å². The topological polar surface area (TPSA) is 66.7 Å².